The van der Waals surface area contributed by atoms with Gasteiger partial charge in [0.15, 0.2) is 0 Å². The number of aryl methyl sites for hydroxylation is 3. The van der Waals surface area contributed by atoms with Crippen molar-refractivity contribution in [2.75, 3.05) is 6.61 Å². The lowest BCUT2D eigenvalue weighted by Crippen LogP contribution is -2.18. The van der Waals surface area contributed by atoms with E-state index in [1.54, 1.807) is 6.07 Å². The number of rotatable bonds is 6. The molecule has 0 bridgehead atoms. The SMILES string of the molecule is CCOc1cccc(-n2nn[nH]c2=O)c1COc1cc(C)c(C)cc1C. The van der Waals surface area contributed by atoms with Crippen LogP contribution in [0.25, 0.3) is 5.69 Å². The maximum Gasteiger partial charge on any atom is 0.365 e. The Morgan fingerprint density at radius 1 is 1.04 bits per heavy atom. The number of ether oxygens (including phenoxy) is 2. The molecular weight excluding hydrogens is 332 g/mol. The Morgan fingerprint density at radius 3 is 2.50 bits per heavy atom. The van der Waals surface area contributed by atoms with Gasteiger partial charge in [0.2, 0.25) is 0 Å². The highest BCUT2D eigenvalue weighted by atomic mass is 16.5. The third kappa shape index (κ3) is 3.46. The van der Waals surface area contributed by atoms with Gasteiger partial charge in [-0.1, -0.05) is 12.1 Å². The van der Waals surface area contributed by atoms with Crippen LogP contribution in [-0.2, 0) is 6.61 Å². The van der Waals surface area contributed by atoms with Gasteiger partial charge in [0.1, 0.15) is 18.1 Å². The van der Waals surface area contributed by atoms with Gasteiger partial charge in [0, 0.05) is 0 Å². The van der Waals surface area contributed by atoms with Crippen LogP contribution in [0.15, 0.2) is 35.1 Å². The minimum absolute atomic E-state index is 0.244. The van der Waals surface area contributed by atoms with E-state index < -0.39 is 5.69 Å². The quantitative estimate of drug-likeness (QED) is 0.736. The third-order valence-corrected chi connectivity index (χ3v) is 4.27. The third-order valence-electron chi connectivity index (χ3n) is 4.27. The summed E-state index contributed by atoms with van der Waals surface area (Å²) in [6, 6.07) is 9.58. The van der Waals surface area contributed by atoms with Gasteiger partial charge in [0.25, 0.3) is 0 Å². The highest BCUT2D eigenvalue weighted by Gasteiger charge is 2.16. The summed E-state index contributed by atoms with van der Waals surface area (Å²) in [7, 11) is 0. The molecule has 0 saturated carbocycles. The molecule has 136 valence electrons. The minimum atomic E-state index is -0.415. The molecule has 0 aliphatic rings. The van der Waals surface area contributed by atoms with Crippen LogP contribution in [0.3, 0.4) is 0 Å². The Labute approximate surface area is 151 Å². The highest BCUT2D eigenvalue weighted by Crippen LogP contribution is 2.28. The zero-order valence-corrected chi connectivity index (χ0v) is 15.4. The molecule has 0 saturated heterocycles. The molecule has 0 atom stereocenters. The molecule has 7 heteroatoms. The van der Waals surface area contributed by atoms with Crippen LogP contribution in [0.2, 0.25) is 0 Å². The number of aromatic nitrogens is 4. The van der Waals surface area contributed by atoms with Gasteiger partial charge in [-0.05, 0) is 73.0 Å². The van der Waals surface area contributed by atoms with Crippen LogP contribution in [0.1, 0.15) is 29.2 Å². The largest absolute Gasteiger partial charge is 0.493 e. The first-order chi connectivity index (χ1) is 12.5. The van der Waals surface area contributed by atoms with Crippen LogP contribution in [0.5, 0.6) is 11.5 Å². The predicted molar refractivity (Wildman–Crippen MR) is 98.1 cm³/mol. The van der Waals surface area contributed by atoms with Crippen LogP contribution in [0, 0.1) is 20.8 Å². The molecule has 0 spiro atoms. The number of tetrazole rings is 1. The van der Waals surface area contributed by atoms with Gasteiger partial charge in [-0.25, -0.2) is 9.89 Å². The maximum atomic E-state index is 12.0. The van der Waals surface area contributed by atoms with Crippen molar-refractivity contribution in [2.24, 2.45) is 0 Å². The van der Waals surface area contributed by atoms with E-state index in [0.717, 1.165) is 22.4 Å². The molecule has 0 aliphatic heterocycles. The van der Waals surface area contributed by atoms with Crippen molar-refractivity contribution in [3.05, 3.63) is 63.1 Å². The molecule has 2 aromatic carbocycles. The van der Waals surface area contributed by atoms with Crippen molar-refractivity contribution in [3.63, 3.8) is 0 Å². The normalized spacial score (nSPS) is 10.8. The number of hydrogen-bond donors (Lipinski definition) is 1. The number of nitrogens with zero attached hydrogens (tertiary/aromatic N) is 3. The van der Waals surface area contributed by atoms with Gasteiger partial charge in [-0.2, -0.15) is 4.68 Å². The first-order valence-electron chi connectivity index (χ1n) is 8.47. The average molecular weight is 354 g/mol. The van der Waals surface area contributed by atoms with Crippen molar-refractivity contribution in [3.8, 4) is 17.2 Å². The second-order valence-corrected chi connectivity index (χ2v) is 6.10. The zero-order chi connectivity index (χ0) is 18.7. The Hall–Kier alpha value is -3.09. The fourth-order valence-corrected chi connectivity index (χ4v) is 2.78. The highest BCUT2D eigenvalue weighted by molar-refractivity contribution is 5.49. The topological polar surface area (TPSA) is 82.0 Å². The Bertz CT molecular complexity index is 975. The fourth-order valence-electron chi connectivity index (χ4n) is 2.78. The minimum Gasteiger partial charge on any atom is -0.493 e. The number of hydrogen-bond acceptors (Lipinski definition) is 5. The summed E-state index contributed by atoms with van der Waals surface area (Å²) in [6.45, 7) is 8.80. The van der Waals surface area contributed by atoms with Crippen LogP contribution >= 0.6 is 0 Å². The Morgan fingerprint density at radius 2 is 1.81 bits per heavy atom. The van der Waals surface area contributed by atoms with E-state index in [-0.39, 0.29) is 6.61 Å². The number of H-pyrrole nitrogens is 1. The van der Waals surface area contributed by atoms with Crippen molar-refractivity contribution >= 4 is 0 Å². The summed E-state index contributed by atoms with van der Waals surface area (Å²) in [5, 5.41) is 9.70. The molecule has 0 fully saturated rings. The summed E-state index contributed by atoms with van der Waals surface area (Å²) >= 11 is 0. The first kappa shape index (κ1) is 17.7. The van der Waals surface area contributed by atoms with Crippen molar-refractivity contribution in [2.45, 2.75) is 34.3 Å². The fraction of sp³-hybridized carbons (Fsp3) is 0.316. The Kier molecular flexibility index (Phi) is 5.06. The van der Waals surface area contributed by atoms with Crippen LogP contribution in [-0.4, -0.2) is 26.8 Å². The van der Waals surface area contributed by atoms with Crippen molar-refractivity contribution in [1.82, 2.24) is 20.2 Å². The standard InChI is InChI=1S/C19H22N4O3/c1-5-25-17-8-6-7-16(23-19(24)20-21-22-23)15(17)11-26-18-10-13(3)12(2)9-14(18)4/h6-10H,5,11H2,1-4H3,(H,20,22,24). The lowest BCUT2D eigenvalue weighted by molar-refractivity contribution is 0.284. The maximum absolute atomic E-state index is 12.0. The molecule has 1 aromatic heterocycles. The first-order valence-corrected chi connectivity index (χ1v) is 8.47. The summed E-state index contributed by atoms with van der Waals surface area (Å²) < 4.78 is 13.0. The molecule has 0 aliphatic carbocycles. The van der Waals surface area contributed by atoms with E-state index in [2.05, 4.69) is 35.4 Å². The molecule has 3 rings (SSSR count). The van der Waals surface area contributed by atoms with Gasteiger partial charge >= 0.3 is 5.69 Å². The Balaban J connectivity index is 1.99. The van der Waals surface area contributed by atoms with Gasteiger partial charge in [0.05, 0.1) is 17.9 Å². The van der Waals surface area contributed by atoms with Crippen LogP contribution in [0.4, 0.5) is 0 Å². The second kappa shape index (κ2) is 7.43. The smallest absolute Gasteiger partial charge is 0.365 e. The molecule has 1 N–H and O–H groups in total. The monoisotopic (exact) mass is 354 g/mol. The van der Waals surface area contributed by atoms with E-state index in [1.807, 2.05) is 32.0 Å². The van der Waals surface area contributed by atoms with Gasteiger partial charge in [-0.3, -0.25) is 0 Å². The molecule has 7 nitrogen and oxygen atoms in total. The summed E-state index contributed by atoms with van der Waals surface area (Å²) in [4.78, 5) is 12.0. The van der Waals surface area contributed by atoms with Crippen molar-refractivity contribution in [1.29, 1.82) is 0 Å². The number of benzene rings is 2. The lowest BCUT2D eigenvalue weighted by atomic mass is 10.1. The molecule has 3 aromatic rings. The van der Waals surface area contributed by atoms with E-state index in [4.69, 9.17) is 9.47 Å². The predicted octanol–water partition coefficient (Wildman–Crippen LogP) is 2.86. The molecule has 0 unspecified atom stereocenters. The van der Waals surface area contributed by atoms with Gasteiger partial charge in [-0.15, -0.1) is 0 Å². The molecule has 0 amide bonds. The molecule has 0 radical (unpaired) electrons. The van der Waals surface area contributed by atoms with E-state index in [9.17, 15) is 4.79 Å². The van der Waals surface area contributed by atoms with Crippen LogP contribution < -0.4 is 15.2 Å². The van der Waals surface area contributed by atoms with E-state index in [0.29, 0.717) is 18.0 Å². The summed E-state index contributed by atoms with van der Waals surface area (Å²) in [6.07, 6.45) is 0. The van der Waals surface area contributed by atoms with Crippen molar-refractivity contribution < 1.29 is 9.47 Å². The van der Waals surface area contributed by atoms with Gasteiger partial charge < -0.3 is 9.47 Å². The summed E-state index contributed by atoms with van der Waals surface area (Å²) in [5.41, 5.74) is 4.35. The number of aromatic amines is 1. The molecular formula is C19H22N4O3. The average Bonchev–Trinajstić information content (AvgIpc) is 3.03. The lowest BCUT2D eigenvalue weighted by Gasteiger charge is -2.16. The summed E-state index contributed by atoms with van der Waals surface area (Å²) in [5.74, 6) is 1.46. The second-order valence-electron chi connectivity index (χ2n) is 6.10. The zero-order valence-electron chi connectivity index (χ0n) is 15.4. The van der Waals surface area contributed by atoms with E-state index >= 15 is 0 Å². The molecule has 1 heterocycles. The number of nitrogens with one attached hydrogen (secondary N) is 1. The molecule has 26 heavy (non-hydrogen) atoms. The van der Waals surface area contributed by atoms with E-state index in [1.165, 1.54) is 10.2 Å².